The van der Waals surface area contributed by atoms with Gasteiger partial charge in [-0.3, -0.25) is 4.79 Å². The third-order valence-corrected chi connectivity index (χ3v) is 2.80. The SMILES string of the molecule is CC(C)CNC1CC(C(=O)O)CN(C)C1. The van der Waals surface area contributed by atoms with Crippen LogP contribution in [0.25, 0.3) is 0 Å². The zero-order valence-electron chi connectivity index (χ0n) is 9.86. The lowest BCUT2D eigenvalue weighted by molar-refractivity contribution is -0.143. The number of carboxylic acid groups (broad SMARTS) is 1. The van der Waals surface area contributed by atoms with Gasteiger partial charge >= 0.3 is 5.97 Å². The lowest BCUT2D eigenvalue weighted by atomic mass is 9.94. The molecule has 2 N–H and O–H groups in total. The van der Waals surface area contributed by atoms with Crippen LogP contribution in [0.4, 0.5) is 0 Å². The number of piperidine rings is 1. The summed E-state index contributed by atoms with van der Waals surface area (Å²) in [5.41, 5.74) is 0. The molecule has 1 saturated heterocycles. The van der Waals surface area contributed by atoms with Crippen molar-refractivity contribution in [2.24, 2.45) is 11.8 Å². The Kier molecular flexibility index (Phi) is 4.54. The molecule has 0 saturated carbocycles. The number of nitrogens with zero attached hydrogens (tertiary/aromatic N) is 1. The van der Waals surface area contributed by atoms with Crippen molar-refractivity contribution in [2.45, 2.75) is 26.3 Å². The second-order valence-corrected chi connectivity index (χ2v) is 4.99. The molecule has 2 unspecified atom stereocenters. The van der Waals surface area contributed by atoms with E-state index in [4.69, 9.17) is 5.11 Å². The van der Waals surface area contributed by atoms with Crippen molar-refractivity contribution < 1.29 is 9.90 Å². The van der Waals surface area contributed by atoms with Crippen LogP contribution in [-0.4, -0.2) is 48.7 Å². The molecule has 1 fully saturated rings. The molecule has 1 heterocycles. The van der Waals surface area contributed by atoms with Crippen molar-refractivity contribution in [3.05, 3.63) is 0 Å². The normalized spacial score (nSPS) is 28.3. The fourth-order valence-electron chi connectivity index (χ4n) is 2.05. The molecular weight excluding hydrogens is 192 g/mol. The smallest absolute Gasteiger partial charge is 0.307 e. The molecule has 0 aromatic rings. The maximum absolute atomic E-state index is 10.9. The number of carboxylic acids is 1. The monoisotopic (exact) mass is 214 g/mol. The van der Waals surface area contributed by atoms with Crippen LogP contribution in [-0.2, 0) is 4.79 Å². The maximum Gasteiger partial charge on any atom is 0.307 e. The number of aliphatic carboxylic acids is 1. The predicted octanol–water partition coefficient (Wildman–Crippen LogP) is 0.637. The molecule has 0 amide bonds. The highest BCUT2D eigenvalue weighted by Gasteiger charge is 2.29. The first kappa shape index (κ1) is 12.5. The maximum atomic E-state index is 10.9. The zero-order valence-corrected chi connectivity index (χ0v) is 9.86. The Bertz CT molecular complexity index is 219. The Morgan fingerprint density at radius 2 is 2.20 bits per heavy atom. The van der Waals surface area contributed by atoms with Crippen molar-refractivity contribution in [1.29, 1.82) is 0 Å². The highest BCUT2D eigenvalue weighted by Crippen LogP contribution is 2.16. The fourth-order valence-corrected chi connectivity index (χ4v) is 2.05. The minimum absolute atomic E-state index is 0.214. The first-order chi connectivity index (χ1) is 6.99. The van der Waals surface area contributed by atoms with Crippen LogP contribution in [0, 0.1) is 11.8 Å². The van der Waals surface area contributed by atoms with E-state index >= 15 is 0 Å². The molecule has 2 atom stereocenters. The minimum atomic E-state index is -0.669. The van der Waals surface area contributed by atoms with Crippen LogP contribution in [0.15, 0.2) is 0 Å². The quantitative estimate of drug-likeness (QED) is 0.721. The van der Waals surface area contributed by atoms with Crippen molar-refractivity contribution in [1.82, 2.24) is 10.2 Å². The fraction of sp³-hybridized carbons (Fsp3) is 0.909. The van der Waals surface area contributed by atoms with Crippen LogP contribution < -0.4 is 5.32 Å². The van der Waals surface area contributed by atoms with E-state index in [1.54, 1.807) is 0 Å². The molecule has 0 aromatic heterocycles. The molecule has 15 heavy (non-hydrogen) atoms. The van der Waals surface area contributed by atoms with Gasteiger partial charge in [0.05, 0.1) is 5.92 Å². The van der Waals surface area contributed by atoms with Gasteiger partial charge in [0.2, 0.25) is 0 Å². The summed E-state index contributed by atoms with van der Waals surface area (Å²) in [5, 5.41) is 12.4. The van der Waals surface area contributed by atoms with Gasteiger partial charge in [-0.15, -0.1) is 0 Å². The molecule has 1 aliphatic heterocycles. The molecule has 0 radical (unpaired) electrons. The average Bonchev–Trinajstić information content (AvgIpc) is 2.13. The number of carbonyl (C=O) groups is 1. The summed E-state index contributed by atoms with van der Waals surface area (Å²) in [6, 6.07) is 0.326. The Hall–Kier alpha value is -0.610. The summed E-state index contributed by atoms with van der Waals surface area (Å²) in [5.74, 6) is -0.271. The summed E-state index contributed by atoms with van der Waals surface area (Å²) in [4.78, 5) is 13.0. The summed E-state index contributed by atoms with van der Waals surface area (Å²) < 4.78 is 0. The minimum Gasteiger partial charge on any atom is -0.481 e. The van der Waals surface area contributed by atoms with Crippen LogP contribution in [0.2, 0.25) is 0 Å². The van der Waals surface area contributed by atoms with Crippen molar-refractivity contribution in [2.75, 3.05) is 26.7 Å². The number of hydrogen-bond donors (Lipinski definition) is 2. The van der Waals surface area contributed by atoms with Crippen LogP contribution >= 0.6 is 0 Å². The van der Waals surface area contributed by atoms with Gasteiger partial charge in [-0.25, -0.2) is 0 Å². The molecule has 1 rings (SSSR count). The lowest BCUT2D eigenvalue weighted by Gasteiger charge is -2.34. The van der Waals surface area contributed by atoms with E-state index in [1.165, 1.54) is 0 Å². The van der Waals surface area contributed by atoms with Crippen molar-refractivity contribution >= 4 is 5.97 Å². The van der Waals surface area contributed by atoms with Gasteiger partial charge in [0.15, 0.2) is 0 Å². The van der Waals surface area contributed by atoms with Crippen molar-refractivity contribution in [3.63, 3.8) is 0 Å². The molecule has 4 nitrogen and oxygen atoms in total. The van der Waals surface area contributed by atoms with E-state index in [9.17, 15) is 4.79 Å². The van der Waals surface area contributed by atoms with Crippen LogP contribution in [0.5, 0.6) is 0 Å². The van der Waals surface area contributed by atoms with E-state index in [2.05, 4.69) is 24.1 Å². The van der Waals surface area contributed by atoms with Gasteiger partial charge in [0.25, 0.3) is 0 Å². The first-order valence-corrected chi connectivity index (χ1v) is 5.63. The third-order valence-electron chi connectivity index (χ3n) is 2.80. The molecule has 1 aliphatic rings. The second-order valence-electron chi connectivity index (χ2n) is 4.99. The first-order valence-electron chi connectivity index (χ1n) is 5.63. The number of hydrogen-bond acceptors (Lipinski definition) is 3. The van der Waals surface area contributed by atoms with E-state index in [1.807, 2.05) is 7.05 Å². The zero-order chi connectivity index (χ0) is 11.4. The Balaban J connectivity index is 2.41. The highest BCUT2D eigenvalue weighted by molar-refractivity contribution is 5.70. The summed E-state index contributed by atoms with van der Waals surface area (Å²) >= 11 is 0. The predicted molar refractivity (Wildman–Crippen MR) is 59.9 cm³/mol. The highest BCUT2D eigenvalue weighted by atomic mass is 16.4. The van der Waals surface area contributed by atoms with Gasteiger partial charge in [0, 0.05) is 19.1 Å². The van der Waals surface area contributed by atoms with Crippen molar-refractivity contribution in [3.8, 4) is 0 Å². The third kappa shape index (κ3) is 4.18. The van der Waals surface area contributed by atoms with Gasteiger partial charge in [0.1, 0.15) is 0 Å². The van der Waals surface area contributed by atoms with Crippen LogP contribution in [0.3, 0.4) is 0 Å². The average molecular weight is 214 g/mol. The molecule has 0 aromatic carbocycles. The number of nitrogens with one attached hydrogen (secondary N) is 1. The number of rotatable bonds is 4. The van der Waals surface area contributed by atoms with Gasteiger partial charge in [-0.2, -0.15) is 0 Å². The Morgan fingerprint density at radius 3 is 2.73 bits per heavy atom. The van der Waals surface area contributed by atoms with Gasteiger partial charge < -0.3 is 15.3 Å². The van der Waals surface area contributed by atoms with Gasteiger partial charge in [-0.05, 0) is 25.9 Å². The van der Waals surface area contributed by atoms with E-state index in [0.717, 1.165) is 19.5 Å². The molecule has 0 aliphatic carbocycles. The molecule has 0 bridgehead atoms. The second kappa shape index (κ2) is 5.47. The Labute approximate surface area is 91.6 Å². The lowest BCUT2D eigenvalue weighted by Crippen LogP contribution is -2.50. The van der Waals surface area contributed by atoms with E-state index in [0.29, 0.717) is 18.5 Å². The number of likely N-dealkylation sites (tertiary alicyclic amines) is 1. The van der Waals surface area contributed by atoms with Crippen LogP contribution in [0.1, 0.15) is 20.3 Å². The van der Waals surface area contributed by atoms with Gasteiger partial charge in [-0.1, -0.05) is 13.8 Å². The standard InChI is InChI=1S/C11H22N2O2/c1-8(2)5-12-10-4-9(11(14)15)6-13(3)7-10/h8-10,12H,4-7H2,1-3H3,(H,14,15). The van der Waals surface area contributed by atoms with E-state index < -0.39 is 5.97 Å². The molecule has 4 heteroatoms. The molecule has 88 valence electrons. The Morgan fingerprint density at radius 1 is 1.53 bits per heavy atom. The topological polar surface area (TPSA) is 52.6 Å². The number of likely N-dealkylation sites (N-methyl/N-ethyl adjacent to an activating group) is 1. The summed E-state index contributed by atoms with van der Waals surface area (Å²) in [6.45, 7) is 6.92. The summed E-state index contributed by atoms with van der Waals surface area (Å²) in [6.07, 6.45) is 0.756. The molecular formula is C11H22N2O2. The van der Waals surface area contributed by atoms with E-state index in [-0.39, 0.29) is 5.92 Å². The summed E-state index contributed by atoms with van der Waals surface area (Å²) in [7, 11) is 1.99. The largest absolute Gasteiger partial charge is 0.481 e. The molecule has 0 spiro atoms.